The molecule has 6 nitrogen and oxygen atoms in total. The van der Waals surface area contributed by atoms with Gasteiger partial charge in [-0.05, 0) is 13.0 Å². The molecule has 1 N–H and O–H groups in total. The fraction of sp³-hybridized carbons (Fsp3) is 0.417. The Bertz CT molecular complexity index is 547. The molecule has 2 aromatic rings. The van der Waals surface area contributed by atoms with Crippen LogP contribution in [0.5, 0.6) is 0 Å². The van der Waals surface area contributed by atoms with Gasteiger partial charge in [-0.2, -0.15) is 4.98 Å². The van der Waals surface area contributed by atoms with E-state index < -0.39 is 0 Å². The molecule has 0 unspecified atom stereocenters. The van der Waals surface area contributed by atoms with Crippen LogP contribution in [-0.4, -0.2) is 27.8 Å². The highest BCUT2D eigenvalue weighted by molar-refractivity contribution is 4.93. The lowest BCUT2D eigenvalue weighted by Crippen LogP contribution is -2.27. The second-order valence-electron chi connectivity index (χ2n) is 3.97. The maximum atomic E-state index is 11.4. The minimum absolute atomic E-state index is 0.0202. The lowest BCUT2D eigenvalue weighted by molar-refractivity contribution is 0.372. The molecule has 0 spiro atoms. The molecule has 0 atom stereocenters. The Balaban J connectivity index is 1.68. The third-order valence-electron chi connectivity index (χ3n) is 2.51. The largest absolute Gasteiger partial charge is 0.339 e. The summed E-state index contributed by atoms with van der Waals surface area (Å²) < 4.78 is 6.66. The highest BCUT2D eigenvalue weighted by Gasteiger charge is 2.01. The average molecular weight is 248 g/mol. The summed E-state index contributed by atoms with van der Waals surface area (Å²) in [6.07, 6.45) is 2.48. The number of hydrogen-bond acceptors (Lipinski definition) is 5. The van der Waals surface area contributed by atoms with Crippen molar-refractivity contribution >= 4 is 0 Å². The van der Waals surface area contributed by atoms with Crippen LogP contribution in [0.3, 0.4) is 0 Å². The van der Waals surface area contributed by atoms with E-state index in [-0.39, 0.29) is 5.56 Å². The third-order valence-corrected chi connectivity index (χ3v) is 2.51. The van der Waals surface area contributed by atoms with Crippen LogP contribution in [0, 0.1) is 6.92 Å². The van der Waals surface area contributed by atoms with Gasteiger partial charge >= 0.3 is 0 Å². The van der Waals surface area contributed by atoms with Gasteiger partial charge in [0.15, 0.2) is 5.82 Å². The van der Waals surface area contributed by atoms with Gasteiger partial charge in [-0.3, -0.25) is 4.79 Å². The number of nitrogens with zero attached hydrogens (tertiary/aromatic N) is 3. The first-order valence-corrected chi connectivity index (χ1v) is 5.91. The molecule has 0 aliphatic heterocycles. The molecule has 0 saturated heterocycles. The number of aromatic nitrogens is 3. The standard InChI is InChI=1S/C12H16N4O2/c1-10-14-11(18-15-10)5-6-13-7-9-16-8-3-2-4-12(16)17/h2-4,8,13H,5-7,9H2,1H3. The Morgan fingerprint density at radius 1 is 1.39 bits per heavy atom. The van der Waals surface area contributed by atoms with Gasteiger partial charge in [0.1, 0.15) is 0 Å². The molecule has 2 aromatic heterocycles. The number of aryl methyl sites for hydroxylation is 1. The van der Waals surface area contributed by atoms with Gasteiger partial charge in [0.25, 0.3) is 5.56 Å². The van der Waals surface area contributed by atoms with Crippen molar-refractivity contribution in [2.75, 3.05) is 13.1 Å². The van der Waals surface area contributed by atoms with Crippen LogP contribution in [0.2, 0.25) is 0 Å². The van der Waals surface area contributed by atoms with E-state index in [0.717, 1.165) is 13.1 Å². The van der Waals surface area contributed by atoms with Gasteiger partial charge in [0, 0.05) is 38.3 Å². The van der Waals surface area contributed by atoms with Gasteiger partial charge in [-0.15, -0.1) is 0 Å². The smallest absolute Gasteiger partial charge is 0.250 e. The molecule has 2 heterocycles. The number of rotatable bonds is 6. The normalized spacial score (nSPS) is 10.7. The molecule has 0 bridgehead atoms. The van der Waals surface area contributed by atoms with Gasteiger partial charge in [0.2, 0.25) is 5.89 Å². The zero-order chi connectivity index (χ0) is 12.8. The van der Waals surface area contributed by atoms with Crippen LogP contribution in [0.4, 0.5) is 0 Å². The van der Waals surface area contributed by atoms with Gasteiger partial charge in [0.05, 0.1) is 0 Å². The predicted molar refractivity (Wildman–Crippen MR) is 66.3 cm³/mol. The van der Waals surface area contributed by atoms with Gasteiger partial charge in [-0.1, -0.05) is 11.2 Å². The third kappa shape index (κ3) is 3.53. The number of hydrogen-bond donors (Lipinski definition) is 1. The first-order chi connectivity index (χ1) is 8.75. The molecule has 0 aromatic carbocycles. The Labute approximate surface area is 105 Å². The summed E-state index contributed by atoms with van der Waals surface area (Å²) in [5.74, 6) is 1.29. The van der Waals surface area contributed by atoms with E-state index in [1.165, 1.54) is 0 Å². The minimum atomic E-state index is 0.0202. The quantitative estimate of drug-likeness (QED) is 0.748. The molecule has 18 heavy (non-hydrogen) atoms. The summed E-state index contributed by atoms with van der Waals surface area (Å²) in [5, 5.41) is 6.95. The fourth-order valence-corrected chi connectivity index (χ4v) is 1.61. The summed E-state index contributed by atoms with van der Waals surface area (Å²) in [7, 11) is 0. The van der Waals surface area contributed by atoms with E-state index >= 15 is 0 Å². The predicted octanol–water partition coefficient (Wildman–Crippen LogP) is 0.372. The number of nitrogens with one attached hydrogen (secondary N) is 1. The Kier molecular flexibility index (Phi) is 4.25. The molecule has 0 aliphatic rings. The van der Waals surface area contributed by atoms with Crippen molar-refractivity contribution in [2.24, 2.45) is 0 Å². The van der Waals surface area contributed by atoms with E-state index in [1.807, 2.05) is 6.07 Å². The SMILES string of the molecule is Cc1noc(CCNCCn2ccccc2=O)n1. The average Bonchev–Trinajstić information content (AvgIpc) is 2.77. The molecule has 0 amide bonds. The van der Waals surface area contributed by atoms with Crippen LogP contribution in [-0.2, 0) is 13.0 Å². The maximum absolute atomic E-state index is 11.4. The molecule has 96 valence electrons. The maximum Gasteiger partial charge on any atom is 0.250 e. The van der Waals surface area contributed by atoms with Gasteiger partial charge in [-0.25, -0.2) is 0 Å². The summed E-state index contributed by atoms with van der Waals surface area (Å²) in [4.78, 5) is 15.5. The van der Waals surface area contributed by atoms with Crippen molar-refractivity contribution in [3.8, 4) is 0 Å². The molecule has 6 heteroatoms. The van der Waals surface area contributed by atoms with E-state index in [0.29, 0.717) is 24.7 Å². The van der Waals surface area contributed by atoms with Gasteiger partial charge < -0.3 is 14.4 Å². The lowest BCUT2D eigenvalue weighted by atomic mass is 10.4. The molecular formula is C12H16N4O2. The van der Waals surface area contributed by atoms with Crippen molar-refractivity contribution in [3.05, 3.63) is 46.5 Å². The van der Waals surface area contributed by atoms with Crippen LogP contribution < -0.4 is 10.9 Å². The van der Waals surface area contributed by atoms with Crippen molar-refractivity contribution in [2.45, 2.75) is 19.9 Å². The van der Waals surface area contributed by atoms with Crippen LogP contribution >= 0.6 is 0 Å². The molecule has 2 rings (SSSR count). The highest BCUT2D eigenvalue weighted by Crippen LogP contribution is 1.95. The topological polar surface area (TPSA) is 73.0 Å². The fourth-order valence-electron chi connectivity index (χ4n) is 1.61. The van der Waals surface area contributed by atoms with Crippen molar-refractivity contribution < 1.29 is 4.52 Å². The molecule has 0 fully saturated rings. The van der Waals surface area contributed by atoms with Crippen molar-refractivity contribution in [1.29, 1.82) is 0 Å². The Morgan fingerprint density at radius 3 is 3.00 bits per heavy atom. The Hall–Kier alpha value is -1.95. The lowest BCUT2D eigenvalue weighted by Gasteiger charge is -2.05. The zero-order valence-electron chi connectivity index (χ0n) is 10.3. The molecular weight excluding hydrogens is 232 g/mol. The van der Waals surface area contributed by atoms with E-state index in [2.05, 4.69) is 15.5 Å². The summed E-state index contributed by atoms with van der Waals surface area (Å²) in [6, 6.07) is 5.15. The highest BCUT2D eigenvalue weighted by atomic mass is 16.5. The summed E-state index contributed by atoms with van der Waals surface area (Å²) in [5.41, 5.74) is 0.0202. The summed E-state index contributed by atoms with van der Waals surface area (Å²) >= 11 is 0. The second kappa shape index (κ2) is 6.11. The Morgan fingerprint density at radius 2 is 2.28 bits per heavy atom. The van der Waals surface area contributed by atoms with Crippen molar-refractivity contribution in [1.82, 2.24) is 20.0 Å². The first-order valence-electron chi connectivity index (χ1n) is 5.91. The molecule has 0 saturated carbocycles. The second-order valence-corrected chi connectivity index (χ2v) is 3.97. The van der Waals surface area contributed by atoms with Crippen LogP contribution in [0.25, 0.3) is 0 Å². The monoisotopic (exact) mass is 248 g/mol. The first kappa shape index (κ1) is 12.5. The minimum Gasteiger partial charge on any atom is -0.339 e. The van der Waals surface area contributed by atoms with Crippen LogP contribution in [0.15, 0.2) is 33.7 Å². The summed E-state index contributed by atoms with van der Waals surface area (Å²) in [6.45, 7) is 3.94. The molecule has 0 radical (unpaired) electrons. The van der Waals surface area contributed by atoms with Crippen LogP contribution in [0.1, 0.15) is 11.7 Å². The molecule has 0 aliphatic carbocycles. The van der Waals surface area contributed by atoms with E-state index in [1.54, 1.807) is 29.8 Å². The van der Waals surface area contributed by atoms with E-state index in [9.17, 15) is 4.79 Å². The van der Waals surface area contributed by atoms with Crippen molar-refractivity contribution in [3.63, 3.8) is 0 Å². The zero-order valence-corrected chi connectivity index (χ0v) is 10.3. The van der Waals surface area contributed by atoms with E-state index in [4.69, 9.17) is 4.52 Å². The number of pyridine rings is 1.